The highest BCUT2D eigenvalue weighted by Crippen LogP contribution is 2.43. The van der Waals surface area contributed by atoms with Crippen molar-refractivity contribution < 1.29 is 8.78 Å². The average Bonchev–Trinajstić information content (AvgIpc) is 2.37. The summed E-state index contributed by atoms with van der Waals surface area (Å²) in [6.07, 6.45) is -0.652. The quantitative estimate of drug-likeness (QED) is 0.775. The molecule has 0 radical (unpaired) electrons. The summed E-state index contributed by atoms with van der Waals surface area (Å²) in [6, 6.07) is 0.732. The molecular weight excluding hydrogens is 258 g/mol. The number of hydrogen-bond donors (Lipinski definition) is 0. The molecule has 2 atom stereocenters. The van der Waals surface area contributed by atoms with Gasteiger partial charge in [0, 0.05) is 31.1 Å². The van der Waals surface area contributed by atoms with Crippen LogP contribution in [0.4, 0.5) is 8.78 Å². The van der Waals surface area contributed by atoms with Crippen LogP contribution in [0.25, 0.3) is 0 Å². The van der Waals surface area contributed by atoms with Crippen LogP contribution in [0.5, 0.6) is 0 Å². The third-order valence-electron chi connectivity index (χ3n) is 4.77. The number of alkyl halides is 2. The highest BCUT2D eigenvalue weighted by Gasteiger charge is 2.41. The van der Waals surface area contributed by atoms with E-state index in [9.17, 15) is 8.78 Å². The van der Waals surface area contributed by atoms with Gasteiger partial charge in [-0.1, -0.05) is 6.92 Å². The minimum atomic E-state index is -2.23. The molecule has 2 rings (SSSR count). The summed E-state index contributed by atoms with van der Waals surface area (Å²) in [6.45, 7) is 12.5. The monoisotopic (exact) mass is 286 g/mol. The van der Waals surface area contributed by atoms with Crippen molar-refractivity contribution in [3.05, 3.63) is 11.4 Å². The first-order valence-electron chi connectivity index (χ1n) is 7.90. The summed E-state index contributed by atoms with van der Waals surface area (Å²) in [4.78, 5) is 4.67. The van der Waals surface area contributed by atoms with Crippen LogP contribution >= 0.6 is 0 Å². The molecule has 2 unspecified atom stereocenters. The molecule has 2 heterocycles. The fourth-order valence-corrected chi connectivity index (χ4v) is 3.65. The van der Waals surface area contributed by atoms with E-state index in [4.69, 9.17) is 0 Å². The van der Waals surface area contributed by atoms with Gasteiger partial charge in [0.25, 0.3) is 0 Å². The van der Waals surface area contributed by atoms with Crippen molar-refractivity contribution in [2.75, 3.05) is 13.1 Å². The smallest absolute Gasteiger partial charge is 0.245 e. The third kappa shape index (κ3) is 2.66. The van der Waals surface area contributed by atoms with Gasteiger partial charge in [0.05, 0.1) is 0 Å². The maximum absolute atomic E-state index is 13.4. The van der Waals surface area contributed by atoms with Gasteiger partial charge in [-0.2, -0.15) is 0 Å². The van der Waals surface area contributed by atoms with Crippen molar-refractivity contribution in [2.45, 2.75) is 66.0 Å². The van der Waals surface area contributed by atoms with Crippen molar-refractivity contribution in [2.24, 2.45) is 11.8 Å². The SMILES string of the molecule is CC1CCN(C(C)C)C2=C1C(C(F)F)CCN2C(C)C. The Morgan fingerprint density at radius 1 is 0.950 bits per heavy atom. The summed E-state index contributed by atoms with van der Waals surface area (Å²) in [7, 11) is 0. The normalized spacial score (nSPS) is 27.9. The van der Waals surface area contributed by atoms with Gasteiger partial charge in [-0.25, -0.2) is 8.78 Å². The van der Waals surface area contributed by atoms with Gasteiger partial charge >= 0.3 is 0 Å². The van der Waals surface area contributed by atoms with E-state index in [2.05, 4.69) is 44.4 Å². The van der Waals surface area contributed by atoms with E-state index in [1.54, 1.807) is 0 Å². The van der Waals surface area contributed by atoms with Crippen LogP contribution in [-0.2, 0) is 0 Å². The molecule has 116 valence electrons. The van der Waals surface area contributed by atoms with Gasteiger partial charge in [-0.15, -0.1) is 0 Å². The highest BCUT2D eigenvalue weighted by molar-refractivity contribution is 5.25. The second-order valence-electron chi connectivity index (χ2n) is 6.77. The summed E-state index contributed by atoms with van der Waals surface area (Å²) in [5.41, 5.74) is 1.01. The third-order valence-corrected chi connectivity index (χ3v) is 4.77. The zero-order chi connectivity index (χ0) is 15.0. The van der Waals surface area contributed by atoms with Crippen molar-refractivity contribution in [1.29, 1.82) is 0 Å². The van der Waals surface area contributed by atoms with Crippen LogP contribution in [0.15, 0.2) is 11.4 Å². The molecule has 0 aromatic carbocycles. The molecule has 0 fully saturated rings. The Labute approximate surface area is 121 Å². The first-order chi connectivity index (χ1) is 9.34. The molecule has 0 aromatic heterocycles. The van der Waals surface area contributed by atoms with E-state index >= 15 is 0 Å². The molecule has 0 aliphatic carbocycles. The predicted octanol–water partition coefficient (Wildman–Crippen LogP) is 3.94. The van der Waals surface area contributed by atoms with Crippen LogP contribution in [0.2, 0.25) is 0 Å². The number of halogens is 2. The predicted molar refractivity (Wildman–Crippen MR) is 78.6 cm³/mol. The summed E-state index contributed by atoms with van der Waals surface area (Å²) >= 11 is 0. The number of hydrogen-bond acceptors (Lipinski definition) is 2. The molecule has 0 spiro atoms. The Balaban J connectivity index is 2.50. The molecular formula is C16H28F2N2. The second kappa shape index (κ2) is 5.90. The Bertz CT molecular complexity index is 365. The van der Waals surface area contributed by atoms with Crippen molar-refractivity contribution >= 4 is 0 Å². The molecule has 0 amide bonds. The molecule has 0 bridgehead atoms. The van der Waals surface area contributed by atoms with E-state index in [0.717, 1.165) is 30.9 Å². The maximum atomic E-state index is 13.4. The minimum absolute atomic E-state index is 0.278. The molecule has 2 nitrogen and oxygen atoms in total. The molecule has 0 N–H and O–H groups in total. The van der Waals surface area contributed by atoms with Gasteiger partial charge in [-0.05, 0) is 52.0 Å². The van der Waals surface area contributed by atoms with E-state index in [0.29, 0.717) is 18.5 Å². The standard InChI is InChI=1S/C16H28F2N2/c1-10(2)19-8-6-12(5)14-13(15(17)18)7-9-20(11(3)4)16(14)19/h10-13,15H,6-9H2,1-5H3. The van der Waals surface area contributed by atoms with E-state index < -0.39 is 12.3 Å². The van der Waals surface area contributed by atoms with Gasteiger partial charge < -0.3 is 9.80 Å². The molecule has 20 heavy (non-hydrogen) atoms. The van der Waals surface area contributed by atoms with Crippen molar-refractivity contribution in [1.82, 2.24) is 9.80 Å². The number of nitrogens with zero attached hydrogens (tertiary/aromatic N) is 2. The van der Waals surface area contributed by atoms with Gasteiger partial charge in [0.1, 0.15) is 5.82 Å². The highest BCUT2D eigenvalue weighted by atomic mass is 19.3. The molecule has 0 saturated carbocycles. The van der Waals surface area contributed by atoms with Crippen molar-refractivity contribution in [3.63, 3.8) is 0 Å². The maximum Gasteiger partial charge on any atom is 0.245 e. The van der Waals surface area contributed by atoms with Crippen LogP contribution in [-0.4, -0.2) is 41.4 Å². The second-order valence-corrected chi connectivity index (χ2v) is 6.77. The van der Waals surface area contributed by atoms with Gasteiger partial charge in [-0.3, -0.25) is 0 Å². The van der Waals surface area contributed by atoms with Crippen LogP contribution in [0, 0.1) is 11.8 Å². The van der Waals surface area contributed by atoms with E-state index in [1.165, 1.54) is 0 Å². The largest absolute Gasteiger partial charge is 0.356 e. The zero-order valence-corrected chi connectivity index (χ0v) is 13.4. The number of rotatable bonds is 3. The van der Waals surface area contributed by atoms with Crippen LogP contribution in [0.3, 0.4) is 0 Å². The summed E-state index contributed by atoms with van der Waals surface area (Å²) in [5, 5.41) is 0. The molecule has 2 aliphatic heterocycles. The lowest BCUT2D eigenvalue weighted by molar-refractivity contribution is 0.0369. The lowest BCUT2D eigenvalue weighted by Gasteiger charge is -2.50. The fraction of sp³-hybridized carbons (Fsp3) is 0.875. The molecule has 0 aromatic rings. The Kier molecular flexibility index (Phi) is 4.60. The minimum Gasteiger partial charge on any atom is -0.356 e. The first-order valence-corrected chi connectivity index (χ1v) is 7.90. The lowest BCUT2D eigenvalue weighted by Crippen LogP contribution is -2.51. The summed E-state index contributed by atoms with van der Waals surface area (Å²) in [5.74, 6) is 0.849. The molecule has 0 saturated heterocycles. The lowest BCUT2D eigenvalue weighted by atomic mass is 9.79. The van der Waals surface area contributed by atoms with Crippen LogP contribution in [0.1, 0.15) is 47.5 Å². The topological polar surface area (TPSA) is 6.48 Å². The molecule has 4 heteroatoms. The van der Waals surface area contributed by atoms with Gasteiger partial charge in [0.15, 0.2) is 0 Å². The average molecular weight is 286 g/mol. The van der Waals surface area contributed by atoms with Crippen LogP contribution < -0.4 is 0 Å². The molecule has 2 aliphatic rings. The van der Waals surface area contributed by atoms with E-state index in [1.807, 2.05) is 0 Å². The zero-order valence-electron chi connectivity index (χ0n) is 13.4. The summed E-state index contributed by atoms with van der Waals surface area (Å²) < 4.78 is 26.9. The fourth-order valence-electron chi connectivity index (χ4n) is 3.65. The Morgan fingerprint density at radius 3 is 1.90 bits per heavy atom. The van der Waals surface area contributed by atoms with Gasteiger partial charge in [0.2, 0.25) is 6.43 Å². The van der Waals surface area contributed by atoms with E-state index in [-0.39, 0.29) is 5.92 Å². The Morgan fingerprint density at radius 2 is 1.45 bits per heavy atom. The number of allylic oxidation sites excluding steroid dienone is 1. The first kappa shape index (κ1) is 15.6. The van der Waals surface area contributed by atoms with Crippen molar-refractivity contribution in [3.8, 4) is 0 Å². The Hall–Kier alpha value is -0.800.